The summed E-state index contributed by atoms with van der Waals surface area (Å²) in [5, 5.41) is 21.3. The van der Waals surface area contributed by atoms with Gasteiger partial charge in [0.2, 0.25) is 0 Å². The first-order valence-corrected chi connectivity index (χ1v) is 7.69. The van der Waals surface area contributed by atoms with E-state index < -0.39 is 4.92 Å². The summed E-state index contributed by atoms with van der Waals surface area (Å²) < 4.78 is 2.07. The van der Waals surface area contributed by atoms with Crippen LogP contribution in [0.15, 0.2) is 67.4 Å². The number of para-hydroxylation sites is 1. The molecule has 0 saturated carbocycles. The third-order valence-electron chi connectivity index (χ3n) is 3.95. The van der Waals surface area contributed by atoms with Gasteiger partial charge < -0.3 is 4.57 Å². The highest BCUT2D eigenvalue weighted by molar-refractivity contribution is 5.98. The number of nitro benzene ring substituents is 1. The SMILES string of the molecule is C=CCn1cc(/C=C(/C#N)c2ccc([N+](=O)[O-])cc2)c2ccccc21. The molecule has 0 spiro atoms. The van der Waals surface area contributed by atoms with Crippen molar-refractivity contribution in [3.63, 3.8) is 0 Å². The zero-order valence-electron chi connectivity index (χ0n) is 13.4. The number of nitro groups is 1. The van der Waals surface area contributed by atoms with E-state index in [0.29, 0.717) is 17.7 Å². The van der Waals surface area contributed by atoms with E-state index in [-0.39, 0.29) is 5.69 Å². The molecule has 2 aromatic carbocycles. The minimum Gasteiger partial charge on any atom is -0.343 e. The Hall–Kier alpha value is -3.65. The molecule has 0 bridgehead atoms. The molecule has 0 aliphatic carbocycles. The number of nitrogens with zero attached hydrogens (tertiary/aromatic N) is 3. The van der Waals surface area contributed by atoms with Gasteiger partial charge in [-0.1, -0.05) is 24.3 Å². The number of benzene rings is 2. The molecule has 25 heavy (non-hydrogen) atoms. The van der Waals surface area contributed by atoms with Gasteiger partial charge in [-0.15, -0.1) is 6.58 Å². The summed E-state index contributed by atoms with van der Waals surface area (Å²) in [5.41, 5.74) is 3.09. The molecular weight excluding hydrogens is 314 g/mol. The van der Waals surface area contributed by atoms with Gasteiger partial charge >= 0.3 is 0 Å². The summed E-state index contributed by atoms with van der Waals surface area (Å²) in [6.07, 6.45) is 5.61. The molecule has 0 radical (unpaired) electrons. The van der Waals surface area contributed by atoms with Crippen molar-refractivity contribution in [1.29, 1.82) is 5.26 Å². The first-order valence-electron chi connectivity index (χ1n) is 7.69. The van der Waals surface area contributed by atoms with Gasteiger partial charge in [-0.3, -0.25) is 10.1 Å². The number of allylic oxidation sites excluding steroid dienone is 2. The van der Waals surface area contributed by atoms with Crippen molar-refractivity contribution < 1.29 is 4.92 Å². The van der Waals surface area contributed by atoms with Gasteiger partial charge in [0, 0.05) is 41.3 Å². The van der Waals surface area contributed by atoms with Crippen LogP contribution in [0.1, 0.15) is 11.1 Å². The van der Waals surface area contributed by atoms with Crippen LogP contribution in [-0.4, -0.2) is 9.49 Å². The number of non-ortho nitro benzene ring substituents is 1. The zero-order chi connectivity index (χ0) is 17.8. The molecule has 0 N–H and O–H groups in total. The van der Waals surface area contributed by atoms with Crippen molar-refractivity contribution >= 4 is 28.2 Å². The number of nitriles is 1. The van der Waals surface area contributed by atoms with Gasteiger partial charge in [0.05, 0.1) is 16.6 Å². The normalized spacial score (nSPS) is 11.2. The van der Waals surface area contributed by atoms with E-state index in [1.807, 2.05) is 42.6 Å². The summed E-state index contributed by atoms with van der Waals surface area (Å²) in [4.78, 5) is 10.3. The first-order chi connectivity index (χ1) is 12.1. The lowest BCUT2D eigenvalue weighted by Crippen LogP contribution is -1.91. The minimum absolute atomic E-state index is 0.00336. The minimum atomic E-state index is -0.456. The highest BCUT2D eigenvalue weighted by Gasteiger charge is 2.10. The highest BCUT2D eigenvalue weighted by Crippen LogP contribution is 2.27. The predicted octanol–water partition coefficient (Wildman–Crippen LogP) is 4.80. The van der Waals surface area contributed by atoms with Crippen LogP contribution >= 0.6 is 0 Å². The van der Waals surface area contributed by atoms with E-state index in [0.717, 1.165) is 16.5 Å². The average Bonchev–Trinajstić information content (AvgIpc) is 2.98. The van der Waals surface area contributed by atoms with Crippen molar-refractivity contribution in [2.45, 2.75) is 6.54 Å². The summed E-state index contributed by atoms with van der Waals surface area (Å²) in [6, 6.07) is 16.1. The van der Waals surface area contributed by atoms with Crippen LogP contribution in [0.2, 0.25) is 0 Å². The molecule has 0 amide bonds. The second-order valence-corrected chi connectivity index (χ2v) is 5.52. The fourth-order valence-electron chi connectivity index (χ4n) is 2.78. The zero-order valence-corrected chi connectivity index (χ0v) is 13.4. The van der Waals surface area contributed by atoms with Gasteiger partial charge in [0.1, 0.15) is 0 Å². The summed E-state index contributed by atoms with van der Waals surface area (Å²) in [7, 11) is 0. The van der Waals surface area contributed by atoms with Gasteiger partial charge in [-0.05, 0) is 29.8 Å². The van der Waals surface area contributed by atoms with Gasteiger partial charge in [-0.25, -0.2) is 0 Å². The third-order valence-corrected chi connectivity index (χ3v) is 3.95. The Morgan fingerprint density at radius 1 is 1.24 bits per heavy atom. The molecule has 0 saturated heterocycles. The molecule has 0 fully saturated rings. The lowest BCUT2D eigenvalue weighted by Gasteiger charge is -1.99. The Balaban J connectivity index is 2.08. The standard InChI is InChI=1S/C20H15N3O2/c1-2-11-22-14-17(19-5-3-4-6-20(19)22)12-16(13-21)15-7-9-18(10-8-15)23(24)25/h2-10,12,14H,1,11H2/b16-12-. The maximum absolute atomic E-state index is 10.8. The van der Waals surface area contributed by atoms with Crippen LogP contribution < -0.4 is 0 Å². The molecule has 122 valence electrons. The van der Waals surface area contributed by atoms with E-state index in [1.54, 1.807) is 12.1 Å². The lowest BCUT2D eigenvalue weighted by molar-refractivity contribution is -0.384. The maximum atomic E-state index is 10.8. The number of hydrogen-bond acceptors (Lipinski definition) is 3. The molecule has 5 heteroatoms. The molecule has 3 rings (SSSR count). The van der Waals surface area contributed by atoms with Crippen LogP contribution in [-0.2, 0) is 6.54 Å². The Morgan fingerprint density at radius 3 is 2.60 bits per heavy atom. The number of hydrogen-bond donors (Lipinski definition) is 0. The quantitative estimate of drug-likeness (QED) is 0.292. The number of fused-ring (bicyclic) bond motifs is 1. The predicted molar refractivity (Wildman–Crippen MR) is 98.7 cm³/mol. The van der Waals surface area contributed by atoms with E-state index >= 15 is 0 Å². The van der Waals surface area contributed by atoms with Crippen molar-refractivity contribution in [2.24, 2.45) is 0 Å². The highest BCUT2D eigenvalue weighted by atomic mass is 16.6. The molecule has 5 nitrogen and oxygen atoms in total. The Morgan fingerprint density at radius 2 is 1.96 bits per heavy atom. The fraction of sp³-hybridized carbons (Fsp3) is 0.0500. The van der Waals surface area contributed by atoms with Crippen LogP contribution in [0.25, 0.3) is 22.6 Å². The summed E-state index contributed by atoms with van der Waals surface area (Å²) in [6.45, 7) is 4.45. The second-order valence-electron chi connectivity index (χ2n) is 5.52. The third kappa shape index (κ3) is 3.19. The van der Waals surface area contributed by atoms with E-state index in [4.69, 9.17) is 0 Å². The van der Waals surface area contributed by atoms with Crippen LogP contribution in [0, 0.1) is 21.4 Å². The summed E-state index contributed by atoms with van der Waals surface area (Å²) in [5.74, 6) is 0. The van der Waals surface area contributed by atoms with Crippen LogP contribution in [0.5, 0.6) is 0 Å². The smallest absolute Gasteiger partial charge is 0.269 e. The lowest BCUT2D eigenvalue weighted by atomic mass is 10.0. The van der Waals surface area contributed by atoms with Gasteiger partial charge in [-0.2, -0.15) is 5.26 Å². The van der Waals surface area contributed by atoms with Crippen molar-refractivity contribution in [2.75, 3.05) is 0 Å². The second kappa shape index (κ2) is 6.85. The molecule has 0 atom stereocenters. The fourth-order valence-corrected chi connectivity index (χ4v) is 2.78. The Bertz CT molecular complexity index is 1020. The summed E-state index contributed by atoms with van der Waals surface area (Å²) >= 11 is 0. The molecule has 0 aliphatic rings. The van der Waals surface area contributed by atoms with Crippen molar-refractivity contribution in [3.8, 4) is 6.07 Å². The largest absolute Gasteiger partial charge is 0.343 e. The number of aromatic nitrogens is 1. The Labute approximate surface area is 144 Å². The molecule has 1 heterocycles. The van der Waals surface area contributed by atoms with Crippen molar-refractivity contribution in [3.05, 3.63) is 88.6 Å². The van der Waals surface area contributed by atoms with Crippen LogP contribution in [0.4, 0.5) is 5.69 Å². The van der Waals surface area contributed by atoms with Gasteiger partial charge in [0.25, 0.3) is 5.69 Å². The molecular formula is C20H15N3O2. The van der Waals surface area contributed by atoms with E-state index in [2.05, 4.69) is 17.2 Å². The molecule has 0 unspecified atom stereocenters. The maximum Gasteiger partial charge on any atom is 0.269 e. The van der Waals surface area contributed by atoms with E-state index in [1.165, 1.54) is 12.1 Å². The molecule has 3 aromatic rings. The Kier molecular flexibility index (Phi) is 4.44. The average molecular weight is 329 g/mol. The first kappa shape index (κ1) is 16.2. The van der Waals surface area contributed by atoms with Crippen LogP contribution in [0.3, 0.4) is 0 Å². The molecule has 1 aromatic heterocycles. The number of rotatable bonds is 5. The molecule has 0 aliphatic heterocycles. The van der Waals surface area contributed by atoms with Crippen molar-refractivity contribution in [1.82, 2.24) is 4.57 Å². The van der Waals surface area contributed by atoms with Gasteiger partial charge in [0.15, 0.2) is 0 Å². The van der Waals surface area contributed by atoms with E-state index in [9.17, 15) is 15.4 Å². The monoisotopic (exact) mass is 329 g/mol. The topological polar surface area (TPSA) is 71.9 Å².